The Balaban J connectivity index is 1.72. The molecule has 1 fully saturated rings. The number of halogens is 1. The SMILES string of the molecule is NC(=O)c1ccc(-c2ccc3ncc(N4CCCCC4)nc3c2)cc1Cl. The highest BCUT2D eigenvalue weighted by atomic mass is 35.5. The molecule has 1 aliphatic heterocycles. The van der Waals surface area contributed by atoms with Gasteiger partial charge in [0.1, 0.15) is 5.82 Å². The second-order valence-corrected chi connectivity index (χ2v) is 6.95. The molecule has 0 unspecified atom stereocenters. The highest BCUT2D eigenvalue weighted by Crippen LogP contribution is 2.28. The molecule has 2 heterocycles. The number of primary amides is 1. The molecule has 0 bridgehead atoms. The molecule has 5 nitrogen and oxygen atoms in total. The first kappa shape index (κ1) is 16.8. The van der Waals surface area contributed by atoms with Crippen LogP contribution in [0.15, 0.2) is 42.6 Å². The van der Waals surface area contributed by atoms with E-state index in [-0.39, 0.29) is 0 Å². The van der Waals surface area contributed by atoms with Crippen molar-refractivity contribution in [2.45, 2.75) is 19.3 Å². The summed E-state index contributed by atoms with van der Waals surface area (Å²) in [4.78, 5) is 23.0. The van der Waals surface area contributed by atoms with Gasteiger partial charge >= 0.3 is 0 Å². The van der Waals surface area contributed by atoms with Gasteiger partial charge in [-0.2, -0.15) is 0 Å². The maximum absolute atomic E-state index is 11.3. The lowest BCUT2D eigenvalue weighted by Gasteiger charge is -2.27. The fourth-order valence-electron chi connectivity index (χ4n) is 3.35. The molecule has 26 heavy (non-hydrogen) atoms. The van der Waals surface area contributed by atoms with Gasteiger partial charge in [-0.3, -0.25) is 9.78 Å². The summed E-state index contributed by atoms with van der Waals surface area (Å²) >= 11 is 6.18. The first-order chi connectivity index (χ1) is 12.6. The number of fused-ring (bicyclic) bond motifs is 1. The van der Waals surface area contributed by atoms with E-state index in [0.29, 0.717) is 10.6 Å². The van der Waals surface area contributed by atoms with Crippen LogP contribution in [0.1, 0.15) is 29.6 Å². The van der Waals surface area contributed by atoms with Crippen LogP contribution in [0.5, 0.6) is 0 Å². The van der Waals surface area contributed by atoms with Crippen LogP contribution in [0.3, 0.4) is 0 Å². The van der Waals surface area contributed by atoms with Crippen molar-refractivity contribution in [2.75, 3.05) is 18.0 Å². The van der Waals surface area contributed by atoms with Gasteiger partial charge in [0.2, 0.25) is 5.91 Å². The smallest absolute Gasteiger partial charge is 0.250 e. The van der Waals surface area contributed by atoms with Crippen molar-refractivity contribution in [3.8, 4) is 11.1 Å². The Hall–Kier alpha value is -2.66. The van der Waals surface area contributed by atoms with Crippen LogP contribution in [0.4, 0.5) is 5.82 Å². The number of hydrogen-bond donors (Lipinski definition) is 1. The quantitative estimate of drug-likeness (QED) is 0.759. The molecular formula is C20H19ClN4O. The number of carbonyl (C=O) groups excluding carboxylic acids is 1. The van der Waals surface area contributed by atoms with E-state index in [1.54, 1.807) is 12.1 Å². The van der Waals surface area contributed by atoms with Gasteiger partial charge in [0.15, 0.2) is 0 Å². The van der Waals surface area contributed by atoms with Crippen molar-refractivity contribution in [1.82, 2.24) is 9.97 Å². The van der Waals surface area contributed by atoms with E-state index in [9.17, 15) is 4.79 Å². The maximum atomic E-state index is 11.3. The summed E-state index contributed by atoms with van der Waals surface area (Å²) < 4.78 is 0. The third-order valence-electron chi connectivity index (χ3n) is 4.78. The minimum atomic E-state index is -0.530. The van der Waals surface area contributed by atoms with Gasteiger partial charge in [-0.05, 0) is 54.7 Å². The number of benzene rings is 2. The summed E-state index contributed by atoms with van der Waals surface area (Å²) in [6.45, 7) is 2.06. The molecule has 2 aromatic carbocycles. The average molecular weight is 367 g/mol. The van der Waals surface area contributed by atoms with Crippen LogP contribution in [0, 0.1) is 0 Å². The summed E-state index contributed by atoms with van der Waals surface area (Å²) in [5, 5.41) is 0.350. The van der Waals surface area contributed by atoms with Gasteiger partial charge in [0.05, 0.1) is 27.8 Å². The number of anilines is 1. The van der Waals surface area contributed by atoms with E-state index in [1.165, 1.54) is 19.3 Å². The van der Waals surface area contributed by atoms with Crippen molar-refractivity contribution >= 4 is 34.4 Å². The third-order valence-corrected chi connectivity index (χ3v) is 5.09. The molecule has 1 aromatic heterocycles. The number of carbonyl (C=O) groups is 1. The topological polar surface area (TPSA) is 72.1 Å². The van der Waals surface area contributed by atoms with Gasteiger partial charge in [-0.1, -0.05) is 23.7 Å². The van der Waals surface area contributed by atoms with Crippen molar-refractivity contribution in [2.24, 2.45) is 5.73 Å². The lowest BCUT2D eigenvalue weighted by atomic mass is 10.0. The van der Waals surface area contributed by atoms with E-state index in [1.807, 2.05) is 30.5 Å². The molecule has 1 aliphatic rings. The molecule has 4 rings (SSSR count). The summed E-state index contributed by atoms with van der Waals surface area (Å²) in [6, 6.07) is 11.2. The lowest BCUT2D eigenvalue weighted by molar-refractivity contribution is 0.100. The standard InChI is InChI=1S/C20H19ClN4O/c21-16-10-13(4-6-15(16)20(22)26)14-5-7-17-18(11-14)24-19(12-23-17)25-8-2-1-3-9-25/h4-7,10-12H,1-3,8-9H2,(H2,22,26). The minimum Gasteiger partial charge on any atom is -0.366 e. The minimum absolute atomic E-state index is 0.323. The molecule has 0 atom stereocenters. The zero-order valence-corrected chi connectivity index (χ0v) is 15.0. The normalized spacial score (nSPS) is 14.6. The molecule has 0 aliphatic carbocycles. The molecule has 3 aromatic rings. The van der Waals surface area contributed by atoms with Crippen LogP contribution >= 0.6 is 11.6 Å². The van der Waals surface area contributed by atoms with Gasteiger partial charge in [0.25, 0.3) is 0 Å². The predicted molar refractivity (Wildman–Crippen MR) is 105 cm³/mol. The fourth-order valence-corrected chi connectivity index (χ4v) is 3.62. The van der Waals surface area contributed by atoms with Crippen molar-refractivity contribution in [3.05, 3.63) is 53.2 Å². The highest BCUT2D eigenvalue weighted by Gasteiger charge is 2.14. The predicted octanol–water partition coefficient (Wildman–Crippen LogP) is 4.04. The molecule has 2 N–H and O–H groups in total. The molecule has 1 saturated heterocycles. The van der Waals surface area contributed by atoms with E-state index >= 15 is 0 Å². The first-order valence-corrected chi connectivity index (χ1v) is 9.11. The Kier molecular flexibility index (Phi) is 4.47. The van der Waals surface area contributed by atoms with E-state index in [0.717, 1.165) is 41.1 Å². The van der Waals surface area contributed by atoms with Crippen LogP contribution < -0.4 is 10.6 Å². The summed E-state index contributed by atoms with van der Waals surface area (Å²) in [5.74, 6) is 0.397. The Morgan fingerprint density at radius 3 is 2.46 bits per heavy atom. The summed E-state index contributed by atoms with van der Waals surface area (Å²) in [5.41, 5.74) is 9.23. The Labute approximate surface area is 156 Å². The molecule has 0 radical (unpaired) electrons. The number of piperidine rings is 1. The van der Waals surface area contributed by atoms with E-state index in [2.05, 4.69) is 9.88 Å². The maximum Gasteiger partial charge on any atom is 0.250 e. The van der Waals surface area contributed by atoms with Crippen LogP contribution in [-0.4, -0.2) is 29.0 Å². The van der Waals surface area contributed by atoms with Crippen molar-refractivity contribution in [1.29, 1.82) is 0 Å². The van der Waals surface area contributed by atoms with Gasteiger partial charge in [0, 0.05) is 13.1 Å². The molecule has 0 saturated carbocycles. The van der Waals surface area contributed by atoms with E-state index < -0.39 is 5.91 Å². The monoisotopic (exact) mass is 366 g/mol. The Morgan fingerprint density at radius 1 is 1.00 bits per heavy atom. The average Bonchev–Trinajstić information content (AvgIpc) is 2.67. The second kappa shape index (κ2) is 6.92. The molecule has 6 heteroatoms. The second-order valence-electron chi connectivity index (χ2n) is 6.54. The zero-order chi connectivity index (χ0) is 18.1. The molecule has 0 spiro atoms. The number of amides is 1. The number of aromatic nitrogens is 2. The third kappa shape index (κ3) is 3.22. The van der Waals surface area contributed by atoms with Gasteiger partial charge < -0.3 is 10.6 Å². The van der Waals surface area contributed by atoms with Crippen LogP contribution in [-0.2, 0) is 0 Å². The van der Waals surface area contributed by atoms with Crippen LogP contribution in [0.25, 0.3) is 22.2 Å². The first-order valence-electron chi connectivity index (χ1n) is 8.73. The lowest BCUT2D eigenvalue weighted by Crippen LogP contribution is -2.30. The number of nitrogens with zero attached hydrogens (tertiary/aromatic N) is 3. The molecule has 132 valence electrons. The van der Waals surface area contributed by atoms with Crippen LogP contribution in [0.2, 0.25) is 5.02 Å². The Morgan fingerprint density at radius 2 is 1.73 bits per heavy atom. The Bertz CT molecular complexity index is 983. The number of nitrogens with two attached hydrogens (primary N) is 1. The molecule has 1 amide bonds. The van der Waals surface area contributed by atoms with Gasteiger partial charge in [-0.15, -0.1) is 0 Å². The zero-order valence-electron chi connectivity index (χ0n) is 14.3. The number of hydrogen-bond acceptors (Lipinski definition) is 4. The molecular weight excluding hydrogens is 348 g/mol. The number of rotatable bonds is 3. The fraction of sp³-hybridized carbons (Fsp3) is 0.250. The van der Waals surface area contributed by atoms with Crippen molar-refractivity contribution in [3.63, 3.8) is 0 Å². The van der Waals surface area contributed by atoms with Crippen molar-refractivity contribution < 1.29 is 4.79 Å². The summed E-state index contributed by atoms with van der Waals surface area (Å²) in [6.07, 6.45) is 5.53. The van der Waals surface area contributed by atoms with E-state index in [4.69, 9.17) is 22.3 Å². The largest absolute Gasteiger partial charge is 0.366 e. The highest BCUT2D eigenvalue weighted by molar-refractivity contribution is 6.34. The summed E-state index contributed by atoms with van der Waals surface area (Å²) in [7, 11) is 0. The van der Waals surface area contributed by atoms with Gasteiger partial charge in [-0.25, -0.2) is 4.98 Å².